The van der Waals surface area contributed by atoms with Crippen molar-refractivity contribution < 1.29 is 23.9 Å². The van der Waals surface area contributed by atoms with Gasteiger partial charge in [-0.05, 0) is 66.4 Å². The van der Waals surface area contributed by atoms with Crippen LogP contribution in [-0.2, 0) is 19.1 Å². The molecule has 2 unspecified atom stereocenters. The highest BCUT2D eigenvalue weighted by atomic mass is 79.9. The number of nitrogens with two attached hydrogens (primary N) is 2. The number of ether oxygens (including phenoxy) is 2. The molecule has 0 saturated carbocycles. The number of hydrogen-bond acceptors (Lipinski definition) is 7. The average molecular weight is 698 g/mol. The summed E-state index contributed by atoms with van der Waals surface area (Å²) in [5.74, 6) is -1.24. The molecule has 1 aliphatic rings. The van der Waals surface area contributed by atoms with Gasteiger partial charge in [-0.2, -0.15) is 0 Å². The molecule has 0 spiro atoms. The second kappa shape index (κ2) is 13.8. The number of amides is 2. The molecule has 11 heteroatoms. The topological polar surface area (TPSA) is 146 Å². The van der Waals surface area contributed by atoms with Crippen molar-refractivity contribution in [3.8, 4) is 0 Å². The summed E-state index contributed by atoms with van der Waals surface area (Å²) in [7, 11) is 0. The first-order valence-corrected chi connectivity index (χ1v) is 14.8. The van der Waals surface area contributed by atoms with Gasteiger partial charge in [0.1, 0.15) is 0 Å². The van der Waals surface area contributed by atoms with Crippen LogP contribution in [-0.4, -0.2) is 31.2 Å². The van der Waals surface area contributed by atoms with Crippen molar-refractivity contribution in [1.82, 2.24) is 10.6 Å². The molecule has 3 aromatic carbocycles. The summed E-state index contributed by atoms with van der Waals surface area (Å²) in [6, 6.07) is 19.2. The first-order valence-electron chi connectivity index (χ1n) is 13.2. The van der Waals surface area contributed by atoms with E-state index in [-0.39, 0.29) is 35.8 Å². The molecule has 6 N–H and O–H groups in total. The predicted octanol–water partition coefficient (Wildman–Crippen LogP) is 5.47. The number of esters is 2. The Morgan fingerprint density at radius 1 is 0.929 bits per heavy atom. The van der Waals surface area contributed by atoms with Gasteiger partial charge >= 0.3 is 18.0 Å². The van der Waals surface area contributed by atoms with E-state index in [2.05, 4.69) is 42.5 Å². The Bertz CT molecular complexity index is 1550. The van der Waals surface area contributed by atoms with Crippen molar-refractivity contribution in [2.45, 2.75) is 25.9 Å². The van der Waals surface area contributed by atoms with E-state index in [1.807, 2.05) is 36.4 Å². The number of halogens is 2. The van der Waals surface area contributed by atoms with Crippen molar-refractivity contribution in [3.63, 3.8) is 0 Å². The molecular formula is C31H30Br2N4O5. The number of nitrogens with one attached hydrogen (secondary N) is 2. The molecule has 218 valence electrons. The lowest BCUT2D eigenvalue weighted by Crippen LogP contribution is -2.45. The van der Waals surface area contributed by atoms with Crippen LogP contribution in [0.3, 0.4) is 0 Å². The van der Waals surface area contributed by atoms with E-state index in [4.69, 9.17) is 20.9 Å². The number of urea groups is 1. The maximum atomic E-state index is 13.3. The Balaban J connectivity index is 1.87. The van der Waals surface area contributed by atoms with Crippen LogP contribution >= 0.6 is 31.9 Å². The van der Waals surface area contributed by atoms with Crippen molar-refractivity contribution in [3.05, 3.63) is 115 Å². The summed E-state index contributed by atoms with van der Waals surface area (Å²) in [6.45, 7) is 3.68. The molecule has 1 aliphatic heterocycles. The van der Waals surface area contributed by atoms with Gasteiger partial charge in [-0.25, -0.2) is 14.4 Å². The summed E-state index contributed by atoms with van der Waals surface area (Å²) in [6.07, 6.45) is 0. The van der Waals surface area contributed by atoms with Crippen LogP contribution < -0.4 is 22.1 Å². The molecule has 0 aliphatic carbocycles. The minimum absolute atomic E-state index is 0.0815. The van der Waals surface area contributed by atoms with Crippen molar-refractivity contribution in [1.29, 1.82) is 0 Å². The Morgan fingerprint density at radius 3 is 2.17 bits per heavy atom. The minimum Gasteiger partial charge on any atom is -0.463 e. The van der Waals surface area contributed by atoms with Crippen LogP contribution in [0.4, 0.5) is 4.79 Å². The summed E-state index contributed by atoms with van der Waals surface area (Å²) in [4.78, 5) is 39.3. The fraction of sp³-hybridized carbons (Fsp3) is 0.194. The third-order valence-electron chi connectivity index (χ3n) is 6.56. The lowest BCUT2D eigenvalue weighted by Gasteiger charge is -2.29. The molecule has 0 fully saturated rings. The molecule has 0 saturated heterocycles. The van der Waals surface area contributed by atoms with Gasteiger partial charge in [-0.3, -0.25) is 0 Å². The summed E-state index contributed by atoms with van der Waals surface area (Å²) in [5.41, 5.74) is 16.1. The van der Waals surface area contributed by atoms with Gasteiger partial charge in [-0.1, -0.05) is 74.3 Å². The maximum Gasteiger partial charge on any atom is 0.338 e. The van der Waals surface area contributed by atoms with Crippen molar-refractivity contribution in [2.24, 2.45) is 11.5 Å². The lowest BCUT2D eigenvalue weighted by atomic mass is 9.91. The second-order valence-electron chi connectivity index (χ2n) is 9.25. The maximum absolute atomic E-state index is 13.3. The highest BCUT2D eigenvalue weighted by Gasteiger charge is 2.34. The van der Waals surface area contributed by atoms with Crippen LogP contribution in [0.15, 0.2) is 92.9 Å². The number of rotatable bonds is 9. The third-order valence-corrected chi connectivity index (χ3v) is 7.62. The number of carbonyl (C=O) groups is 3. The molecule has 0 radical (unpaired) electrons. The Morgan fingerprint density at radius 2 is 1.55 bits per heavy atom. The molecule has 2 amide bonds. The van der Waals surface area contributed by atoms with E-state index < -0.39 is 30.1 Å². The van der Waals surface area contributed by atoms with E-state index >= 15 is 0 Å². The molecule has 1 heterocycles. The fourth-order valence-corrected chi connectivity index (χ4v) is 5.10. The molecule has 42 heavy (non-hydrogen) atoms. The van der Waals surface area contributed by atoms with Gasteiger partial charge in [0, 0.05) is 8.95 Å². The number of hydrogen-bond donors (Lipinski definition) is 4. The van der Waals surface area contributed by atoms with E-state index in [9.17, 15) is 14.4 Å². The largest absolute Gasteiger partial charge is 0.463 e. The van der Waals surface area contributed by atoms with Gasteiger partial charge in [-0.15, -0.1) is 0 Å². The third kappa shape index (κ3) is 6.92. The average Bonchev–Trinajstić information content (AvgIpc) is 2.97. The van der Waals surface area contributed by atoms with Crippen LogP contribution in [0.25, 0.3) is 11.4 Å². The summed E-state index contributed by atoms with van der Waals surface area (Å²) >= 11 is 6.82. The van der Waals surface area contributed by atoms with Gasteiger partial charge in [0.15, 0.2) is 0 Å². The molecule has 4 rings (SSSR count). The standard InChI is InChI=1S/C31H30Br2N4O5/c1-3-41-29(38)23(25(34)17-8-12-21(32)13-9-17)26(35)19-6-5-7-20(16-19)28-24(30(39)42-4-2)27(36-31(40)37-28)18-10-14-22(33)15-11-18/h5-16,25,27H,3-4,34-35H2,1-2H3,(H2,36,37,40)/b26-23+. The predicted molar refractivity (Wildman–Crippen MR) is 167 cm³/mol. The quantitative estimate of drug-likeness (QED) is 0.171. The molecular weight excluding hydrogens is 668 g/mol. The zero-order valence-corrected chi connectivity index (χ0v) is 26.1. The van der Waals surface area contributed by atoms with Crippen LogP contribution in [0.5, 0.6) is 0 Å². The Hall–Kier alpha value is -3.93. The first kappa shape index (κ1) is 31.0. The minimum atomic E-state index is -0.879. The zero-order valence-electron chi connectivity index (χ0n) is 22.9. The van der Waals surface area contributed by atoms with Crippen LogP contribution in [0, 0.1) is 0 Å². The number of benzene rings is 3. The molecule has 3 aromatic rings. The molecule has 0 bridgehead atoms. The lowest BCUT2D eigenvalue weighted by molar-refractivity contribution is -0.139. The fourth-order valence-electron chi connectivity index (χ4n) is 4.57. The monoisotopic (exact) mass is 696 g/mol. The van der Waals surface area contributed by atoms with Gasteiger partial charge < -0.3 is 31.6 Å². The van der Waals surface area contributed by atoms with E-state index in [0.717, 1.165) is 8.95 Å². The molecule has 9 nitrogen and oxygen atoms in total. The van der Waals surface area contributed by atoms with Crippen LogP contribution in [0.2, 0.25) is 0 Å². The van der Waals surface area contributed by atoms with Gasteiger partial charge in [0.05, 0.1) is 47.8 Å². The zero-order chi connectivity index (χ0) is 30.4. The normalized spacial score (nSPS) is 16.1. The van der Waals surface area contributed by atoms with Crippen molar-refractivity contribution in [2.75, 3.05) is 13.2 Å². The van der Waals surface area contributed by atoms with Crippen LogP contribution in [0.1, 0.15) is 48.2 Å². The Labute approximate surface area is 260 Å². The summed E-state index contributed by atoms with van der Waals surface area (Å²) in [5, 5.41) is 5.59. The summed E-state index contributed by atoms with van der Waals surface area (Å²) < 4.78 is 12.4. The smallest absolute Gasteiger partial charge is 0.338 e. The van der Waals surface area contributed by atoms with E-state index in [1.54, 1.807) is 50.2 Å². The SMILES string of the molecule is CCOC(=O)C1=C(c2cccc(/C(N)=C(\C(=O)OCC)C(N)c3ccc(Br)cc3)c2)NC(=O)NC1c1ccc(Br)cc1. The Kier molecular flexibility index (Phi) is 10.2. The van der Waals surface area contributed by atoms with E-state index in [1.165, 1.54) is 0 Å². The first-order chi connectivity index (χ1) is 20.1. The van der Waals surface area contributed by atoms with E-state index in [0.29, 0.717) is 22.3 Å². The highest BCUT2D eigenvalue weighted by molar-refractivity contribution is 9.10. The number of carbonyl (C=O) groups excluding carboxylic acids is 3. The van der Waals surface area contributed by atoms with Crippen molar-refractivity contribution >= 4 is 61.2 Å². The van der Waals surface area contributed by atoms with Gasteiger partial charge in [0.2, 0.25) is 0 Å². The molecule has 2 atom stereocenters. The highest BCUT2D eigenvalue weighted by Crippen LogP contribution is 2.34. The van der Waals surface area contributed by atoms with Gasteiger partial charge in [0.25, 0.3) is 0 Å². The molecule has 0 aromatic heterocycles. The second-order valence-corrected chi connectivity index (χ2v) is 11.1.